The van der Waals surface area contributed by atoms with Crippen LogP contribution in [0.3, 0.4) is 0 Å². The highest BCUT2D eigenvalue weighted by molar-refractivity contribution is 5.79. The fraction of sp³-hybridized carbons (Fsp3) is 0.350. The van der Waals surface area contributed by atoms with Gasteiger partial charge in [-0.3, -0.25) is 4.79 Å². The van der Waals surface area contributed by atoms with Crippen LogP contribution in [0.2, 0.25) is 0 Å². The molecule has 146 valence electrons. The van der Waals surface area contributed by atoms with E-state index in [1.165, 1.54) is 0 Å². The van der Waals surface area contributed by atoms with E-state index in [-0.39, 0.29) is 12.3 Å². The molecule has 7 nitrogen and oxygen atoms in total. The van der Waals surface area contributed by atoms with Crippen molar-refractivity contribution in [3.63, 3.8) is 0 Å². The lowest BCUT2D eigenvalue weighted by Gasteiger charge is -2.15. The van der Waals surface area contributed by atoms with Gasteiger partial charge in [0.15, 0.2) is 23.0 Å². The number of carbonyl (C=O) groups excluding carboxylic acids is 1. The summed E-state index contributed by atoms with van der Waals surface area (Å²) in [5.74, 6) is 2.83. The summed E-state index contributed by atoms with van der Waals surface area (Å²) < 4.78 is 26.4. The Morgan fingerprint density at radius 2 is 1.30 bits per heavy atom. The molecule has 0 aliphatic heterocycles. The lowest BCUT2D eigenvalue weighted by Crippen LogP contribution is -2.24. The zero-order valence-corrected chi connectivity index (χ0v) is 16.3. The Labute approximate surface area is 159 Å². The summed E-state index contributed by atoms with van der Waals surface area (Å²) in [7, 11) is 7.81. The number of methoxy groups -OCH3 is 5. The van der Waals surface area contributed by atoms with E-state index >= 15 is 0 Å². The molecule has 0 fully saturated rings. The van der Waals surface area contributed by atoms with Crippen LogP contribution < -0.4 is 29.0 Å². The summed E-state index contributed by atoms with van der Waals surface area (Å²) in [6, 6.07) is 8.91. The zero-order chi connectivity index (χ0) is 19.8. The molecule has 2 aromatic carbocycles. The second kappa shape index (κ2) is 9.56. The Hall–Kier alpha value is -3.09. The molecule has 0 unspecified atom stereocenters. The number of amides is 1. The van der Waals surface area contributed by atoms with Gasteiger partial charge in [-0.05, 0) is 23.8 Å². The highest BCUT2D eigenvalue weighted by Crippen LogP contribution is 2.34. The van der Waals surface area contributed by atoms with E-state index in [1.807, 2.05) is 6.07 Å². The van der Waals surface area contributed by atoms with Crippen molar-refractivity contribution in [2.75, 3.05) is 35.5 Å². The molecule has 0 aromatic heterocycles. The molecule has 0 spiro atoms. The van der Waals surface area contributed by atoms with Gasteiger partial charge in [-0.25, -0.2) is 0 Å². The van der Waals surface area contributed by atoms with Gasteiger partial charge in [0.05, 0.1) is 42.0 Å². The van der Waals surface area contributed by atoms with Gasteiger partial charge in [0.25, 0.3) is 0 Å². The highest BCUT2D eigenvalue weighted by Gasteiger charge is 2.13. The Morgan fingerprint density at radius 1 is 0.741 bits per heavy atom. The van der Waals surface area contributed by atoms with Gasteiger partial charge in [0, 0.05) is 18.2 Å². The fourth-order valence-electron chi connectivity index (χ4n) is 2.66. The molecular weight excluding hydrogens is 350 g/mol. The highest BCUT2D eigenvalue weighted by atomic mass is 16.5. The molecule has 0 bridgehead atoms. The molecule has 2 rings (SSSR count). The Balaban J connectivity index is 2.07. The average Bonchev–Trinajstić information content (AvgIpc) is 2.71. The van der Waals surface area contributed by atoms with E-state index in [4.69, 9.17) is 23.7 Å². The molecule has 0 heterocycles. The predicted octanol–water partition coefficient (Wildman–Crippen LogP) is 2.59. The molecule has 0 atom stereocenters. The summed E-state index contributed by atoms with van der Waals surface area (Å²) in [5, 5.41) is 2.89. The number of hydrogen-bond acceptors (Lipinski definition) is 6. The summed E-state index contributed by atoms with van der Waals surface area (Å²) in [6.07, 6.45) is 0.218. The lowest BCUT2D eigenvalue weighted by molar-refractivity contribution is -0.120. The van der Waals surface area contributed by atoms with Gasteiger partial charge in [0.2, 0.25) is 5.91 Å². The van der Waals surface area contributed by atoms with Crippen LogP contribution >= 0.6 is 0 Å². The summed E-state index contributed by atoms with van der Waals surface area (Å²) in [4.78, 5) is 12.3. The normalized spacial score (nSPS) is 10.1. The van der Waals surface area contributed by atoms with Gasteiger partial charge in [-0.2, -0.15) is 0 Å². The Kier molecular flexibility index (Phi) is 7.16. The third-order valence-electron chi connectivity index (χ3n) is 4.08. The molecular formula is C20H25NO6. The standard InChI is InChI=1S/C20H25NO6/c1-23-15-7-6-13(8-17(15)25-3)9-20(22)21-12-14-10-18(26-4)19(27-5)11-16(14)24-2/h6-8,10-11H,9,12H2,1-5H3,(H,21,22). The van der Waals surface area contributed by atoms with Crippen LogP contribution in [0.15, 0.2) is 30.3 Å². The third kappa shape index (κ3) is 4.97. The van der Waals surface area contributed by atoms with Crippen molar-refractivity contribution in [2.24, 2.45) is 0 Å². The maximum absolute atomic E-state index is 12.3. The van der Waals surface area contributed by atoms with Crippen LogP contribution in [0.4, 0.5) is 0 Å². The number of benzene rings is 2. The van der Waals surface area contributed by atoms with Crippen molar-refractivity contribution < 1.29 is 28.5 Å². The number of ether oxygens (including phenoxy) is 5. The topological polar surface area (TPSA) is 75.2 Å². The van der Waals surface area contributed by atoms with E-state index in [2.05, 4.69) is 5.32 Å². The van der Waals surface area contributed by atoms with Gasteiger partial charge >= 0.3 is 0 Å². The first kappa shape index (κ1) is 20.2. The second-order valence-electron chi connectivity index (χ2n) is 5.66. The van der Waals surface area contributed by atoms with Crippen LogP contribution in [-0.2, 0) is 17.8 Å². The molecule has 0 radical (unpaired) electrons. The summed E-state index contributed by atoms with van der Waals surface area (Å²) in [5.41, 5.74) is 1.61. The van der Waals surface area contributed by atoms with Crippen molar-refractivity contribution in [1.29, 1.82) is 0 Å². The van der Waals surface area contributed by atoms with Crippen molar-refractivity contribution in [2.45, 2.75) is 13.0 Å². The molecule has 1 N–H and O–H groups in total. The van der Waals surface area contributed by atoms with Crippen LogP contribution in [0, 0.1) is 0 Å². The first-order chi connectivity index (χ1) is 13.1. The lowest BCUT2D eigenvalue weighted by atomic mass is 10.1. The molecule has 0 aliphatic rings. The monoisotopic (exact) mass is 375 g/mol. The van der Waals surface area contributed by atoms with Crippen LogP contribution in [0.5, 0.6) is 28.7 Å². The minimum absolute atomic E-state index is 0.126. The van der Waals surface area contributed by atoms with Crippen LogP contribution in [-0.4, -0.2) is 41.5 Å². The van der Waals surface area contributed by atoms with Crippen LogP contribution in [0.25, 0.3) is 0 Å². The number of nitrogens with one attached hydrogen (secondary N) is 1. The molecule has 0 saturated carbocycles. The average molecular weight is 375 g/mol. The first-order valence-electron chi connectivity index (χ1n) is 8.32. The quantitative estimate of drug-likeness (QED) is 0.726. The van der Waals surface area contributed by atoms with Gasteiger partial charge < -0.3 is 29.0 Å². The maximum Gasteiger partial charge on any atom is 0.224 e. The van der Waals surface area contributed by atoms with Gasteiger partial charge in [-0.1, -0.05) is 6.07 Å². The molecule has 7 heteroatoms. The van der Waals surface area contributed by atoms with Crippen LogP contribution in [0.1, 0.15) is 11.1 Å². The molecule has 0 aliphatic carbocycles. The van der Waals surface area contributed by atoms with Gasteiger partial charge in [0.1, 0.15) is 5.75 Å². The van der Waals surface area contributed by atoms with Crippen molar-refractivity contribution >= 4 is 5.91 Å². The SMILES string of the molecule is COc1cc(OC)c(OC)cc1CNC(=O)Cc1ccc(OC)c(OC)c1. The smallest absolute Gasteiger partial charge is 0.224 e. The molecule has 0 saturated heterocycles. The molecule has 2 aromatic rings. The number of rotatable bonds is 9. The molecule has 1 amide bonds. The second-order valence-corrected chi connectivity index (χ2v) is 5.66. The third-order valence-corrected chi connectivity index (χ3v) is 4.08. The number of carbonyl (C=O) groups is 1. The zero-order valence-electron chi connectivity index (χ0n) is 16.3. The minimum Gasteiger partial charge on any atom is -0.496 e. The predicted molar refractivity (Wildman–Crippen MR) is 101 cm³/mol. The number of hydrogen-bond donors (Lipinski definition) is 1. The maximum atomic E-state index is 12.3. The van der Waals surface area contributed by atoms with Gasteiger partial charge in [-0.15, -0.1) is 0 Å². The van der Waals surface area contributed by atoms with Crippen molar-refractivity contribution in [3.8, 4) is 28.7 Å². The van der Waals surface area contributed by atoms with E-state index in [0.717, 1.165) is 11.1 Å². The summed E-state index contributed by atoms with van der Waals surface area (Å²) in [6.45, 7) is 0.301. The largest absolute Gasteiger partial charge is 0.496 e. The fourth-order valence-corrected chi connectivity index (χ4v) is 2.66. The van der Waals surface area contributed by atoms with E-state index in [1.54, 1.807) is 59.8 Å². The van der Waals surface area contributed by atoms with Crippen molar-refractivity contribution in [1.82, 2.24) is 5.32 Å². The van der Waals surface area contributed by atoms with E-state index in [0.29, 0.717) is 35.3 Å². The van der Waals surface area contributed by atoms with E-state index < -0.39 is 0 Å². The van der Waals surface area contributed by atoms with Crippen molar-refractivity contribution in [3.05, 3.63) is 41.5 Å². The summed E-state index contributed by atoms with van der Waals surface area (Å²) >= 11 is 0. The molecule has 27 heavy (non-hydrogen) atoms. The Bertz CT molecular complexity index is 790. The minimum atomic E-state index is -0.126. The van der Waals surface area contributed by atoms with E-state index in [9.17, 15) is 4.79 Å². The first-order valence-corrected chi connectivity index (χ1v) is 8.32. The Morgan fingerprint density at radius 3 is 1.89 bits per heavy atom.